The fourth-order valence-corrected chi connectivity index (χ4v) is 5.77. The van der Waals surface area contributed by atoms with Crippen LogP contribution < -0.4 is 10.2 Å². The summed E-state index contributed by atoms with van der Waals surface area (Å²) >= 11 is 0. The van der Waals surface area contributed by atoms with Gasteiger partial charge in [-0.3, -0.25) is 0 Å². The minimum Gasteiger partial charge on any atom is -0.465 e. The van der Waals surface area contributed by atoms with E-state index in [0.29, 0.717) is 36.0 Å². The monoisotopic (exact) mass is 557 g/mol. The summed E-state index contributed by atoms with van der Waals surface area (Å²) in [6, 6.07) is 17.9. The highest BCUT2D eigenvalue weighted by molar-refractivity contribution is 5.84. The molecule has 5 rings (SSSR count). The minimum absolute atomic E-state index is 0.126. The second-order valence-electron chi connectivity index (χ2n) is 11.9. The first kappa shape index (κ1) is 28.4. The Morgan fingerprint density at radius 1 is 1.02 bits per heavy atom. The molecule has 2 aromatic carbocycles. The van der Waals surface area contributed by atoms with Crippen LogP contribution in [-0.4, -0.2) is 72.5 Å². The van der Waals surface area contributed by atoms with Gasteiger partial charge in [-0.05, 0) is 36.0 Å². The predicted octanol–water partition coefficient (Wildman–Crippen LogP) is 5.26. The number of amides is 1. The highest BCUT2D eigenvalue weighted by Crippen LogP contribution is 2.35. The quantitative estimate of drug-likeness (QED) is 0.281. The number of hydrogen-bond acceptors (Lipinski definition) is 7. The van der Waals surface area contributed by atoms with Crippen molar-refractivity contribution in [1.82, 2.24) is 24.4 Å². The van der Waals surface area contributed by atoms with E-state index in [2.05, 4.69) is 60.5 Å². The number of aliphatic hydroxyl groups excluding tert-OH is 1. The van der Waals surface area contributed by atoms with Crippen molar-refractivity contribution in [3.63, 3.8) is 0 Å². The Balaban J connectivity index is 1.49. The summed E-state index contributed by atoms with van der Waals surface area (Å²) in [7, 11) is 0. The Bertz CT molecular complexity index is 1500. The average Bonchev–Trinajstić information content (AvgIpc) is 3.40. The van der Waals surface area contributed by atoms with E-state index in [1.54, 1.807) is 6.33 Å². The van der Waals surface area contributed by atoms with Crippen LogP contribution in [0.5, 0.6) is 0 Å². The Labute approximate surface area is 240 Å². The second-order valence-corrected chi connectivity index (χ2v) is 11.9. The van der Waals surface area contributed by atoms with Crippen molar-refractivity contribution in [2.45, 2.75) is 59.3 Å². The number of piperazine rings is 1. The van der Waals surface area contributed by atoms with E-state index >= 15 is 0 Å². The molecule has 4 aromatic rings. The van der Waals surface area contributed by atoms with Gasteiger partial charge >= 0.3 is 6.09 Å². The number of rotatable bonds is 7. The zero-order valence-corrected chi connectivity index (χ0v) is 24.3. The summed E-state index contributed by atoms with van der Waals surface area (Å²) in [5.41, 5.74) is 4.36. The zero-order chi connectivity index (χ0) is 29.3. The van der Waals surface area contributed by atoms with Crippen LogP contribution >= 0.6 is 0 Å². The summed E-state index contributed by atoms with van der Waals surface area (Å²) < 4.78 is 2.00. The topological polar surface area (TPSA) is 120 Å². The average molecular weight is 558 g/mol. The van der Waals surface area contributed by atoms with Gasteiger partial charge in [-0.25, -0.2) is 9.78 Å². The molecule has 1 aliphatic heterocycles. The number of nitrogens with one attached hydrogen (secondary N) is 1. The van der Waals surface area contributed by atoms with E-state index in [1.165, 1.54) is 10.5 Å². The summed E-state index contributed by atoms with van der Waals surface area (Å²) in [6.07, 6.45) is 0.787. The first-order valence-corrected chi connectivity index (χ1v) is 14.1. The number of anilines is 2. The molecule has 0 bridgehead atoms. The van der Waals surface area contributed by atoms with E-state index in [4.69, 9.17) is 9.97 Å². The van der Waals surface area contributed by atoms with Gasteiger partial charge in [0.25, 0.3) is 0 Å². The molecule has 1 aliphatic rings. The van der Waals surface area contributed by atoms with Gasteiger partial charge in [-0.2, -0.15) is 9.97 Å². The van der Waals surface area contributed by atoms with Crippen LogP contribution in [-0.2, 0) is 6.54 Å². The summed E-state index contributed by atoms with van der Waals surface area (Å²) in [5.74, 6) is 1.04. The molecule has 10 nitrogen and oxygen atoms in total. The SMILES string of the molecule is CC(C)n1cnc2c(NCc3ccc(-c4ccccc4)cc3)nc(N3CCN(C(=O)O)C(C(C)(C)C)C3CO)nc21. The minimum atomic E-state index is -0.988. The van der Waals surface area contributed by atoms with Gasteiger partial charge in [0.05, 0.1) is 25.0 Å². The molecule has 3 N–H and O–H groups in total. The van der Waals surface area contributed by atoms with Gasteiger partial charge in [0.2, 0.25) is 5.95 Å². The molecular weight excluding hydrogens is 518 g/mol. The van der Waals surface area contributed by atoms with E-state index in [0.717, 1.165) is 11.1 Å². The third-order valence-electron chi connectivity index (χ3n) is 7.75. The van der Waals surface area contributed by atoms with Crippen LogP contribution in [0.1, 0.15) is 46.2 Å². The third kappa shape index (κ3) is 5.69. The summed E-state index contributed by atoms with van der Waals surface area (Å²) in [4.78, 5) is 30.0. The van der Waals surface area contributed by atoms with Gasteiger partial charge in [0, 0.05) is 25.7 Å². The predicted molar refractivity (Wildman–Crippen MR) is 161 cm³/mol. The fraction of sp³-hybridized carbons (Fsp3) is 0.419. The molecule has 0 aliphatic carbocycles. The lowest BCUT2D eigenvalue weighted by molar-refractivity contribution is 0.0368. The van der Waals surface area contributed by atoms with Crippen molar-refractivity contribution < 1.29 is 15.0 Å². The number of imidazole rings is 1. The van der Waals surface area contributed by atoms with Gasteiger partial charge in [0.15, 0.2) is 17.0 Å². The van der Waals surface area contributed by atoms with Crippen LogP contribution in [0.15, 0.2) is 60.9 Å². The lowest BCUT2D eigenvalue weighted by Crippen LogP contribution is -2.66. The lowest BCUT2D eigenvalue weighted by atomic mass is 9.79. The molecule has 0 saturated carbocycles. The van der Waals surface area contributed by atoms with Crippen molar-refractivity contribution in [1.29, 1.82) is 0 Å². The maximum atomic E-state index is 12.1. The molecule has 1 fully saturated rings. The maximum Gasteiger partial charge on any atom is 0.407 e. The van der Waals surface area contributed by atoms with Crippen molar-refractivity contribution in [3.8, 4) is 11.1 Å². The summed E-state index contributed by atoms with van der Waals surface area (Å²) in [5, 5.41) is 24.0. The Kier molecular flexibility index (Phi) is 7.86. The van der Waals surface area contributed by atoms with Gasteiger partial charge in [-0.15, -0.1) is 0 Å². The third-order valence-corrected chi connectivity index (χ3v) is 7.75. The van der Waals surface area contributed by atoms with Crippen LogP contribution in [0.4, 0.5) is 16.6 Å². The molecule has 216 valence electrons. The number of carboxylic acid groups (broad SMARTS) is 1. The molecule has 2 atom stereocenters. The maximum absolute atomic E-state index is 12.1. The van der Waals surface area contributed by atoms with E-state index in [-0.39, 0.29) is 19.2 Å². The van der Waals surface area contributed by atoms with Crippen molar-refractivity contribution >= 4 is 29.0 Å². The second kappa shape index (κ2) is 11.4. The normalized spacial score (nSPS) is 17.8. The molecule has 10 heteroatoms. The fourth-order valence-electron chi connectivity index (χ4n) is 5.77. The number of benzene rings is 2. The number of hydrogen-bond donors (Lipinski definition) is 3. The number of nitrogens with zero attached hydrogens (tertiary/aromatic N) is 6. The molecule has 0 radical (unpaired) electrons. The van der Waals surface area contributed by atoms with Gasteiger partial charge < -0.3 is 29.9 Å². The van der Waals surface area contributed by atoms with Gasteiger partial charge in [0.1, 0.15) is 0 Å². The largest absolute Gasteiger partial charge is 0.465 e. The Morgan fingerprint density at radius 3 is 2.32 bits per heavy atom. The number of aromatic nitrogens is 4. The molecule has 0 spiro atoms. The Hall–Kier alpha value is -4.18. The van der Waals surface area contributed by atoms with Crippen molar-refractivity contribution in [2.75, 3.05) is 29.9 Å². The first-order valence-electron chi connectivity index (χ1n) is 14.1. The van der Waals surface area contributed by atoms with E-state index in [9.17, 15) is 15.0 Å². The standard InChI is InChI=1S/C31H39N7O3/c1-20(2)38-19-33-25-27(32-17-21-11-13-23(14-12-21)22-9-7-6-8-10-22)34-29(35-28(25)38)36-15-16-37(30(40)41)26(24(36)18-39)31(3,4)5/h6-14,19-20,24,26,39H,15-18H2,1-5H3,(H,40,41)(H,32,34,35). The van der Waals surface area contributed by atoms with Crippen molar-refractivity contribution in [3.05, 3.63) is 66.5 Å². The highest BCUT2D eigenvalue weighted by Gasteiger charge is 2.46. The number of aliphatic hydroxyl groups is 1. The molecular formula is C31H39N7O3. The van der Waals surface area contributed by atoms with Crippen molar-refractivity contribution in [2.24, 2.45) is 5.41 Å². The van der Waals surface area contributed by atoms with E-state index in [1.807, 2.05) is 48.4 Å². The smallest absolute Gasteiger partial charge is 0.407 e. The van der Waals surface area contributed by atoms with Crippen LogP contribution in [0.3, 0.4) is 0 Å². The highest BCUT2D eigenvalue weighted by atomic mass is 16.4. The van der Waals surface area contributed by atoms with E-state index < -0.39 is 23.6 Å². The number of fused-ring (bicyclic) bond motifs is 1. The zero-order valence-electron chi connectivity index (χ0n) is 24.3. The van der Waals surface area contributed by atoms with Crippen LogP contribution in [0.25, 0.3) is 22.3 Å². The molecule has 1 amide bonds. The molecule has 1 saturated heterocycles. The molecule has 3 heterocycles. The van der Waals surface area contributed by atoms with Crippen LogP contribution in [0, 0.1) is 5.41 Å². The lowest BCUT2D eigenvalue weighted by Gasteiger charge is -2.51. The van der Waals surface area contributed by atoms with Gasteiger partial charge in [-0.1, -0.05) is 75.4 Å². The summed E-state index contributed by atoms with van der Waals surface area (Å²) in [6.45, 7) is 11.1. The molecule has 2 aromatic heterocycles. The molecule has 41 heavy (non-hydrogen) atoms. The Morgan fingerprint density at radius 2 is 1.71 bits per heavy atom. The number of carbonyl (C=O) groups is 1. The first-order chi connectivity index (χ1) is 19.6. The molecule has 2 unspecified atom stereocenters. The van der Waals surface area contributed by atoms with Crippen LogP contribution in [0.2, 0.25) is 0 Å².